The quantitative estimate of drug-likeness (QED) is 0.679. The average Bonchev–Trinajstić information content (AvgIpc) is 2.54. The van der Waals surface area contributed by atoms with Crippen molar-refractivity contribution in [3.8, 4) is 0 Å². The van der Waals surface area contributed by atoms with E-state index in [1.54, 1.807) is 0 Å². The fraction of sp³-hybridized carbons (Fsp3) is 0.188. The van der Waals surface area contributed by atoms with Crippen molar-refractivity contribution in [1.29, 1.82) is 0 Å². The lowest BCUT2D eigenvalue weighted by Crippen LogP contribution is -2.21. The van der Waals surface area contributed by atoms with E-state index in [-0.39, 0.29) is 17.3 Å². The van der Waals surface area contributed by atoms with Gasteiger partial charge in [-0.15, -0.1) is 0 Å². The second-order valence-electron chi connectivity index (χ2n) is 4.50. The number of anilines is 1. The lowest BCUT2D eigenvalue weighted by atomic mass is 10.1. The number of carbonyl (C=O) groups excluding carboxylic acids is 2. The van der Waals surface area contributed by atoms with Gasteiger partial charge in [0.05, 0.1) is 5.56 Å². The minimum Gasteiger partial charge on any atom is -0.452 e. The Bertz CT molecular complexity index is 671. The van der Waals surface area contributed by atoms with Gasteiger partial charge in [-0.05, 0) is 30.2 Å². The summed E-state index contributed by atoms with van der Waals surface area (Å²) in [5, 5.41) is 3.01. The van der Waals surface area contributed by atoms with Gasteiger partial charge >= 0.3 is 5.97 Å². The van der Waals surface area contributed by atoms with E-state index >= 15 is 0 Å². The number of aryl methyl sites for hydroxylation is 1. The van der Waals surface area contributed by atoms with E-state index in [2.05, 4.69) is 10.3 Å². The van der Waals surface area contributed by atoms with E-state index in [1.165, 1.54) is 18.3 Å². The van der Waals surface area contributed by atoms with Crippen molar-refractivity contribution in [3.05, 3.63) is 58.9 Å². The van der Waals surface area contributed by atoms with Crippen LogP contribution >= 0.6 is 11.6 Å². The summed E-state index contributed by atoms with van der Waals surface area (Å²) in [6, 6.07) is 10.4. The number of carbonyl (C=O) groups is 2. The Morgan fingerprint density at radius 2 is 2.00 bits per heavy atom. The van der Waals surface area contributed by atoms with Gasteiger partial charge in [0.25, 0.3) is 5.91 Å². The van der Waals surface area contributed by atoms with Crippen LogP contribution < -0.4 is 5.32 Å². The molecule has 0 bridgehead atoms. The van der Waals surface area contributed by atoms with Crippen molar-refractivity contribution >= 4 is 29.2 Å². The number of rotatable bonds is 5. The number of amides is 1. The maximum Gasteiger partial charge on any atom is 0.340 e. The molecule has 22 heavy (non-hydrogen) atoms. The molecule has 1 N–H and O–H groups in total. The number of halogens is 1. The number of ether oxygens (including phenoxy) is 1. The molecule has 5 nitrogen and oxygen atoms in total. The second kappa shape index (κ2) is 7.56. The first-order valence-corrected chi connectivity index (χ1v) is 7.14. The Hall–Kier alpha value is -2.40. The third-order valence-electron chi connectivity index (χ3n) is 2.97. The number of nitrogens with one attached hydrogen (secondary N) is 1. The third-order valence-corrected chi connectivity index (χ3v) is 3.19. The molecule has 2 aromatic rings. The zero-order chi connectivity index (χ0) is 15.9. The predicted molar refractivity (Wildman–Crippen MR) is 84.0 cm³/mol. The molecular formula is C16H15ClN2O3. The van der Waals surface area contributed by atoms with E-state index in [4.69, 9.17) is 16.3 Å². The number of hydrogen-bond acceptors (Lipinski definition) is 4. The lowest BCUT2D eigenvalue weighted by Gasteiger charge is -2.10. The smallest absolute Gasteiger partial charge is 0.340 e. The summed E-state index contributed by atoms with van der Waals surface area (Å²) in [7, 11) is 0. The van der Waals surface area contributed by atoms with Gasteiger partial charge in [-0.2, -0.15) is 0 Å². The molecule has 0 atom stereocenters. The number of para-hydroxylation sites is 1. The number of esters is 1. The van der Waals surface area contributed by atoms with Crippen LogP contribution in [0.3, 0.4) is 0 Å². The van der Waals surface area contributed by atoms with Crippen LogP contribution in [0.1, 0.15) is 22.8 Å². The molecule has 1 aromatic carbocycles. The van der Waals surface area contributed by atoms with Crippen molar-refractivity contribution in [2.45, 2.75) is 13.3 Å². The molecule has 1 heterocycles. The predicted octanol–water partition coefficient (Wildman–Crippen LogP) is 3.09. The van der Waals surface area contributed by atoms with Crippen molar-refractivity contribution < 1.29 is 14.3 Å². The number of benzene rings is 1. The average molecular weight is 319 g/mol. The van der Waals surface area contributed by atoms with Crippen molar-refractivity contribution in [2.24, 2.45) is 0 Å². The van der Waals surface area contributed by atoms with Crippen molar-refractivity contribution in [2.75, 3.05) is 11.9 Å². The zero-order valence-electron chi connectivity index (χ0n) is 12.0. The Kier molecular flexibility index (Phi) is 5.49. The monoisotopic (exact) mass is 318 g/mol. The molecule has 0 unspecified atom stereocenters. The molecule has 0 saturated carbocycles. The summed E-state index contributed by atoms with van der Waals surface area (Å²) >= 11 is 5.64. The molecule has 0 aliphatic carbocycles. The van der Waals surface area contributed by atoms with Crippen molar-refractivity contribution in [3.63, 3.8) is 0 Å². The SMILES string of the molecule is CCc1ccccc1NC(=O)COC(=O)c1ccc(Cl)nc1. The highest BCUT2D eigenvalue weighted by Gasteiger charge is 2.11. The molecule has 0 aliphatic rings. The van der Waals surface area contributed by atoms with E-state index in [0.29, 0.717) is 0 Å². The van der Waals surface area contributed by atoms with Crippen LogP contribution in [0.25, 0.3) is 0 Å². The summed E-state index contributed by atoms with van der Waals surface area (Å²) in [5.41, 5.74) is 1.98. The van der Waals surface area contributed by atoms with Crippen LogP contribution in [0.15, 0.2) is 42.6 Å². The molecule has 0 spiro atoms. The highest BCUT2D eigenvalue weighted by Crippen LogP contribution is 2.15. The molecule has 0 saturated heterocycles. The Balaban J connectivity index is 1.90. The summed E-state index contributed by atoms with van der Waals surface area (Å²) < 4.78 is 4.94. The molecular weight excluding hydrogens is 304 g/mol. The van der Waals surface area contributed by atoms with Crippen LogP contribution in [-0.2, 0) is 16.0 Å². The summed E-state index contributed by atoms with van der Waals surface area (Å²) in [6.07, 6.45) is 2.10. The molecule has 114 valence electrons. The maximum atomic E-state index is 11.8. The number of aromatic nitrogens is 1. The summed E-state index contributed by atoms with van der Waals surface area (Å²) in [5.74, 6) is -1.01. The van der Waals surface area contributed by atoms with Crippen LogP contribution in [0.4, 0.5) is 5.69 Å². The minimum atomic E-state index is -0.622. The fourth-order valence-corrected chi connectivity index (χ4v) is 1.96. The molecule has 0 aliphatic heterocycles. The first-order valence-electron chi connectivity index (χ1n) is 6.76. The molecule has 1 aromatic heterocycles. The van der Waals surface area contributed by atoms with Gasteiger partial charge in [-0.3, -0.25) is 4.79 Å². The second-order valence-corrected chi connectivity index (χ2v) is 4.89. The first-order chi connectivity index (χ1) is 10.6. The van der Waals surface area contributed by atoms with Gasteiger partial charge in [-0.25, -0.2) is 9.78 Å². The Morgan fingerprint density at radius 3 is 2.68 bits per heavy atom. The molecule has 6 heteroatoms. The van der Waals surface area contributed by atoms with Gasteiger partial charge in [0.2, 0.25) is 0 Å². The van der Waals surface area contributed by atoms with Gasteiger partial charge in [0.1, 0.15) is 5.15 Å². The Labute approximate surface area is 133 Å². The van der Waals surface area contributed by atoms with Crippen LogP contribution in [0, 0.1) is 0 Å². The highest BCUT2D eigenvalue weighted by atomic mass is 35.5. The molecule has 2 rings (SSSR count). The number of nitrogens with zero attached hydrogens (tertiary/aromatic N) is 1. The van der Waals surface area contributed by atoms with Crippen LogP contribution in [-0.4, -0.2) is 23.5 Å². The summed E-state index contributed by atoms with van der Waals surface area (Å²) in [6.45, 7) is 1.64. The van der Waals surface area contributed by atoms with Crippen LogP contribution in [0.2, 0.25) is 5.15 Å². The first kappa shape index (κ1) is 16.0. The Morgan fingerprint density at radius 1 is 1.23 bits per heavy atom. The van der Waals surface area contributed by atoms with Crippen LogP contribution in [0.5, 0.6) is 0 Å². The third kappa shape index (κ3) is 4.30. The van der Waals surface area contributed by atoms with E-state index in [9.17, 15) is 9.59 Å². The zero-order valence-corrected chi connectivity index (χ0v) is 12.8. The largest absolute Gasteiger partial charge is 0.452 e. The molecule has 0 radical (unpaired) electrons. The van der Waals surface area contributed by atoms with Gasteiger partial charge in [0, 0.05) is 11.9 Å². The normalized spacial score (nSPS) is 10.1. The standard InChI is InChI=1S/C16H15ClN2O3/c1-2-11-5-3-4-6-13(11)19-15(20)10-22-16(21)12-7-8-14(17)18-9-12/h3-9H,2,10H2,1H3,(H,19,20). The number of hydrogen-bond donors (Lipinski definition) is 1. The molecule has 1 amide bonds. The van der Waals surface area contributed by atoms with E-state index in [1.807, 2.05) is 31.2 Å². The minimum absolute atomic E-state index is 0.242. The fourth-order valence-electron chi connectivity index (χ4n) is 1.85. The van der Waals surface area contributed by atoms with Crippen molar-refractivity contribution in [1.82, 2.24) is 4.98 Å². The van der Waals surface area contributed by atoms with E-state index in [0.717, 1.165) is 17.7 Å². The number of pyridine rings is 1. The lowest BCUT2D eigenvalue weighted by molar-refractivity contribution is -0.119. The van der Waals surface area contributed by atoms with E-state index < -0.39 is 11.9 Å². The van der Waals surface area contributed by atoms with Gasteiger partial charge < -0.3 is 10.1 Å². The molecule has 0 fully saturated rings. The van der Waals surface area contributed by atoms with Gasteiger partial charge in [-0.1, -0.05) is 36.7 Å². The maximum absolute atomic E-state index is 11.8. The highest BCUT2D eigenvalue weighted by molar-refractivity contribution is 6.29. The summed E-state index contributed by atoms with van der Waals surface area (Å²) in [4.78, 5) is 27.4. The topological polar surface area (TPSA) is 68.3 Å². The van der Waals surface area contributed by atoms with Gasteiger partial charge in [0.15, 0.2) is 6.61 Å².